The van der Waals surface area contributed by atoms with Gasteiger partial charge in [-0.2, -0.15) is 27.2 Å². The Morgan fingerprint density at radius 3 is 1.56 bits per heavy atom. The molecule has 0 unspecified atom stereocenters. The van der Waals surface area contributed by atoms with Gasteiger partial charge in [0, 0.05) is 53.8 Å². The molecule has 0 aromatic rings. The van der Waals surface area contributed by atoms with E-state index in [0.29, 0.717) is 0 Å². The molecule has 1 radical (unpaired) electrons. The minimum atomic E-state index is 0. The number of hydrogen-bond acceptors (Lipinski definition) is 0. The van der Waals surface area contributed by atoms with E-state index in [1.54, 1.807) is 0 Å². The first-order valence-electron chi connectivity index (χ1n) is 2.53. The van der Waals surface area contributed by atoms with Crippen LogP contribution in [0.2, 0.25) is 0 Å². The van der Waals surface area contributed by atoms with E-state index in [0.717, 1.165) is 19.5 Å². The topological polar surface area (TPSA) is 28.2 Å². The summed E-state index contributed by atoms with van der Waals surface area (Å²) >= 11 is 0. The number of hydrogen-bond donors (Lipinski definition) is 0. The summed E-state index contributed by atoms with van der Waals surface area (Å²) in [5.74, 6) is 0. The summed E-state index contributed by atoms with van der Waals surface area (Å²) in [5.41, 5.74) is 0. The Labute approximate surface area is 97.1 Å². The van der Waals surface area contributed by atoms with E-state index in [1.807, 2.05) is 14.1 Å². The summed E-state index contributed by atoms with van der Waals surface area (Å²) in [7, 11) is 3.66. The van der Waals surface area contributed by atoms with E-state index in [9.17, 15) is 0 Å². The van der Waals surface area contributed by atoms with E-state index in [1.165, 1.54) is 0 Å². The predicted molar refractivity (Wildman–Crippen MR) is 32.9 cm³/mol. The fraction of sp³-hybridized carbons (Fsp3) is 1.00. The zero-order chi connectivity index (χ0) is 5.54. The molecule has 53 valence electrons. The molecule has 0 atom stereocenters. The number of nitrogens with zero attached hydrogens (tertiary/aromatic N) is 2. The second-order valence-corrected chi connectivity index (χ2v) is 1.43. The monoisotopic (exact) mass is 373 g/mol. The smallest absolute Gasteiger partial charge is 0 e. The minimum absolute atomic E-state index is 0. The normalized spacial score (nSPS) is 7.33. The van der Waals surface area contributed by atoms with Gasteiger partial charge in [-0.3, -0.25) is 0 Å². The van der Waals surface area contributed by atoms with Crippen molar-refractivity contribution in [1.29, 1.82) is 0 Å². The van der Waals surface area contributed by atoms with Gasteiger partial charge in [0.05, 0.1) is 0 Å². The Balaban J connectivity index is -0.000000180. The zero-order valence-corrected chi connectivity index (χ0v) is 11.8. The summed E-state index contributed by atoms with van der Waals surface area (Å²) in [4.78, 5) is 0. The van der Waals surface area contributed by atoms with Gasteiger partial charge < -0.3 is 10.6 Å². The van der Waals surface area contributed by atoms with Gasteiger partial charge in [-0.1, -0.05) is 6.42 Å². The van der Waals surface area contributed by atoms with Crippen LogP contribution in [0.25, 0.3) is 10.6 Å². The minimum Gasteiger partial charge on any atom is -0.665 e. The Hall–Kier alpha value is 1.71. The van der Waals surface area contributed by atoms with Crippen LogP contribution in [0.15, 0.2) is 0 Å². The van der Waals surface area contributed by atoms with Crippen molar-refractivity contribution in [2.24, 2.45) is 0 Å². The van der Waals surface area contributed by atoms with Crippen LogP contribution in [-0.2, 0) is 53.8 Å². The number of rotatable bonds is 4. The van der Waals surface area contributed by atoms with E-state index >= 15 is 0 Å². The van der Waals surface area contributed by atoms with Gasteiger partial charge >= 0.3 is 0 Å². The van der Waals surface area contributed by atoms with Crippen LogP contribution in [0.4, 0.5) is 0 Å². The largest absolute Gasteiger partial charge is 0.665 e. The van der Waals surface area contributed by atoms with Crippen molar-refractivity contribution in [3.05, 3.63) is 10.6 Å². The Morgan fingerprint density at radius 2 is 1.33 bits per heavy atom. The van der Waals surface area contributed by atoms with Crippen LogP contribution < -0.4 is 0 Å². The Morgan fingerprint density at radius 1 is 1.00 bits per heavy atom. The van der Waals surface area contributed by atoms with Crippen molar-refractivity contribution < 1.29 is 53.8 Å². The van der Waals surface area contributed by atoms with Crippen LogP contribution >= 0.6 is 0 Å². The van der Waals surface area contributed by atoms with Gasteiger partial charge in [0.2, 0.25) is 0 Å². The van der Waals surface area contributed by atoms with Gasteiger partial charge in [-0.25, -0.2) is 0 Å². The van der Waals surface area contributed by atoms with Crippen molar-refractivity contribution in [1.82, 2.24) is 0 Å². The predicted octanol–water partition coefficient (Wildman–Crippen LogP) is 1.38. The van der Waals surface area contributed by atoms with Crippen molar-refractivity contribution >= 4 is 0 Å². The summed E-state index contributed by atoms with van der Waals surface area (Å²) in [5, 5.41) is 7.83. The third-order valence-corrected chi connectivity index (χ3v) is 0.763. The van der Waals surface area contributed by atoms with E-state index in [4.69, 9.17) is 0 Å². The molecule has 0 heterocycles. The Bertz CT molecular complexity index is 34.1. The molecule has 0 aromatic heterocycles. The third kappa shape index (κ3) is 17.7. The van der Waals surface area contributed by atoms with Crippen molar-refractivity contribution in [2.75, 3.05) is 27.2 Å². The third-order valence-electron chi connectivity index (χ3n) is 0.763. The quantitative estimate of drug-likeness (QED) is 0.667. The first-order valence-corrected chi connectivity index (χ1v) is 2.53. The maximum Gasteiger partial charge on any atom is 0 e. The molecule has 2 nitrogen and oxygen atoms in total. The molecule has 0 fully saturated rings. The van der Waals surface area contributed by atoms with Crippen LogP contribution in [0.1, 0.15) is 6.42 Å². The van der Waals surface area contributed by atoms with Gasteiger partial charge in [0.1, 0.15) is 0 Å². The standard InChI is InChI=1S/C5H12N2.W.Y/c1-6-4-3-5-7-2;;/h3-5H2,1-2H3;;/q-2;;. The maximum absolute atomic E-state index is 3.91. The first kappa shape index (κ1) is 17.0. The van der Waals surface area contributed by atoms with Gasteiger partial charge in [-0.05, 0) is 0 Å². The Kier molecular flexibility index (Phi) is 30.9. The maximum atomic E-state index is 3.91. The van der Waals surface area contributed by atoms with E-state index in [2.05, 4.69) is 10.6 Å². The average Bonchev–Trinajstić information content (AvgIpc) is 1.69. The molecule has 0 amide bonds. The molecule has 0 aliphatic carbocycles. The fourth-order valence-electron chi connectivity index (χ4n) is 0.387. The molecule has 0 aliphatic heterocycles. The van der Waals surface area contributed by atoms with Gasteiger partial charge in [0.15, 0.2) is 0 Å². The summed E-state index contributed by atoms with van der Waals surface area (Å²) in [6.07, 6.45) is 1.10. The molecule has 0 spiro atoms. The molecule has 0 bridgehead atoms. The van der Waals surface area contributed by atoms with Gasteiger partial charge in [-0.15, -0.1) is 0 Å². The molecule has 4 heteroatoms. The second kappa shape index (κ2) is 16.4. The van der Waals surface area contributed by atoms with Crippen molar-refractivity contribution in [3.63, 3.8) is 0 Å². The van der Waals surface area contributed by atoms with Gasteiger partial charge in [0.25, 0.3) is 0 Å². The van der Waals surface area contributed by atoms with Crippen LogP contribution in [-0.4, -0.2) is 27.2 Å². The molecule has 0 rings (SSSR count). The molecule has 0 saturated carbocycles. The summed E-state index contributed by atoms with van der Waals surface area (Å²) < 4.78 is 0. The van der Waals surface area contributed by atoms with Crippen molar-refractivity contribution in [2.45, 2.75) is 6.42 Å². The van der Waals surface area contributed by atoms with Crippen molar-refractivity contribution in [3.8, 4) is 0 Å². The van der Waals surface area contributed by atoms with Crippen LogP contribution in [0, 0.1) is 0 Å². The van der Waals surface area contributed by atoms with E-state index < -0.39 is 0 Å². The molecule has 0 aromatic carbocycles. The molecule has 9 heavy (non-hydrogen) atoms. The summed E-state index contributed by atoms with van der Waals surface area (Å²) in [6, 6.07) is 0. The zero-order valence-electron chi connectivity index (χ0n) is 6.00. The van der Waals surface area contributed by atoms with Crippen LogP contribution in [0.3, 0.4) is 0 Å². The SMILES string of the molecule is C[N-]CCC[N-]C.[W].[Y]. The second-order valence-electron chi connectivity index (χ2n) is 1.43. The van der Waals surface area contributed by atoms with E-state index in [-0.39, 0.29) is 53.8 Å². The fourth-order valence-corrected chi connectivity index (χ4v) is 0.387. The summed E-state index contributed by atoms with van der Waals surface area (Å²) in [6.45, 7) is 1.91. The average molecular weight is 373 g/mol. The van der Waals surface area contributed by atoms with Crippen LogP contribution in [0.5, 0.6) is 0 Å². The first-order chi connectivity index (χ1) is 3.41. The molecule has 0 saturated heterocycles. The molecular weight excluding hydrogens is 361 g/mol. The molecular formula is C5H12N2WY-2. The molecule has 0 N–H and O–H groups in total. The molecule has 0 aliphatic rings.